The van der Waals surface area contributed by atoms with Crippen LogP contribution in [0.4, 0.5) is 13.2 Å². The summed E-state index contributed by atoms with van der Waals surface area (Å²) in [5.41, 5.74) is 1.13. The fraction of sp³-hybridized carbons (Fsp3) is 0.588. The topological polar surface area (TPSA) is 38.8 Å². The first-order valence-electron chi connectivity index (χ1n) is 8.02. The number of halogens is 3. The Morgan fingerprint density at radius 3 is 2.38 bits per heavy atom. The third kappa shape index (κ3) is 6.03. The molecule has 134 valence electrons. The van der Waals surface area contributed by atoms with Gasteiger partial charge in [-0.2, -0.15) is 0 Å². The number of hydrogen-bond donors (Lipinski definition) is 0. The molecule has 1 aromatic carbocycles. The molecule has 1 heterocycles. The van der Waals surface area contributed by atoms with Crippen LogP contribution in [0, 0.1) is 0 Å². The summed E-state index contributed by atoms with van der Waals surface area (Å²) in [5.74, 6) is 0.785. The van der Waals surface area contributed by atoms with Gasteiger partial charge in [0.15, 0.2) is 0 Å². The fourth-order valence-electron chi connectivity index (χ4n) is 2.81. The Hall–Kier alpha value is -1.76. The van der Waals surface area contributed by atoms with Gasteiger partial charge in [0.2, 0.25) is 5.91 Å². The van der Waals surface area contributed by atoms with Crippen LogP contribution < -0.4 is 4.74 Å². The number of ether oxygens (including phenoxy) is 2. The predicted molar refractivity (Wildman–Crippen MR) is 82.7 cm³/mol. The maximum Gasteiger partial charge on any atom is 0.522 e. The molecule has 2 rings (SSSR count). The molecule has 1 aliphatic rings. The van der Waals surface area contributed by atoms with Crippen LogP contribution in [0.2, 0.25) is 0 Å². The summed E-state index contributed by atoms with van der Waals surface area (Å²) < 4.78 is 45.6. The summed E-state index contributed by atoms with van der Waals surface area (Å²) in [6.45, 7) is 0.643. The van der Waals surface area contributed by atoms with Crippen molar-refractivity contribution in [2.24, 2.45) is 0 Å². The molecule has 0 aromatic heterocycles. The summed E-state index contributed by atoms with van der Waals surface area (Å²) >= 11 is 0. The summed E-state index contributed by atoms with van der Waals surface area (Å²) in [7, 11) is 1.61. The highest BCUT2D eigenvalue weighted by molar-refractivity contribution is 5.76. The second kappa shape index (κ2) is 8.37. The zero-order chi connectivity index (χ0) is 17.6. The van der Waals surface area contributed by atoms with Crippen molar-refractivity contribution in [1.29, 1.82) is 0 Å². The van der Waals surface area contributed by atoms with Crippen molar-refractivity contribution in [3.05, 3.63) is 29.8 Å². The molecule has 0 N–H and O–H groups in total. The molecular formula is C17H22F3NO3. The van der Waals surface area contributed by atoms with Gasteiger partial charge in [-0.05, 0) is 43.4 Å². The first-order chi connectivity index (χ1) is 11.4. The molecule has 0 radical (unpaired) electrons. The fourth-order valence-corrected chi connectivity index (χ4v) is 2.81. The van der Waals surface area contributed by atoms with Gasteiger partial charge in [-0.25, -0.2) is 0 Å². The van der Waals surface area contributed by atoms with E-state index in [1.807, 2.05) is 24.3 Å². The van der Waals surface area contributed by atoms with Gasteiger partial charge in [0.05, 0.1) is 13.2 Å². The number of rotatable bonds is 6. The number of alkyl halides is 3. The first-order valence-corrected chi connectivity index (χ1v) is 8.02. The van der Waals surface area contributed by atoms with E-state index in [0.29, 0.717) is 25.9 Å². The van der Waals surface area contributed by atoms with Gasteiger partial charge in [0, 0.05) is 19.5 Å². The van der Waals surface area contributed by atoms with Crippen LogP contribution in [0.15, 0.2) is 24.3 Å². The van der Waals surface area contributed by atoms with E-state index in [1.165, 1.54) is 0 Å². The van der Waals surface area contributed by atoms with Crippen molar-refractivity contribution in [3.63, 3.8) is 0 Å². The molecule has 24 heavy (non-hydrogen) atoms. The quantitative estimate of drug-likeness (QED) is 0.791. The third-order valence-corrected chi connectivity index (χ3v) is 4.11. The molecule has 4 nitrogen and oxygen atoms in total. The molecule has 1 fully saturated rings. The van der Waals surface area contributed by atoms with Gasteiger partial charge >= 0.3 is 6.36 Å². The average Bonchev–Trinajstić information content (AvgIpc) is 2.54. The van der Waals surface area contributed by atoms with E-state index in [9.17, 15) is 18.0 Å². The molecule has 7 heteroatoms. The SMILES string of the molecule is COc1ccc(CCCC(=O)N2CCC(OC(F)(F)F)CC2)cc1. The Bertz CT molecular complexity index is 523. The van der Waals surface area contributed by atoms with Crippen LogP contribution in [-0.2, 0) is 16.0 Å². The molecule has 0 saturated carbocycles. The van der Waals surface area contributed by atoms with E-state index < -0.39 is 12.5 Å². The molecule has 0 unspecified atom stereocenters. The lowest BCUT2D eigenvalue weighted by Gasteiger charge is -2.32. The molecule has 1 saturated heterocycles. The zero-order valence-electron chi connectivity index (χ0n) is 13.6. The lowest BCUT2D eigenvalue weighted by molar-refractivity contribution is -0.345. The molecule has 1 aromatic rings. The van der Waals surface area contributed by atoms with Crippen LogP contribution in [0.3, 0.4) is 0 Å². The van der Waals surface area contributed by atoms with Gasteiger partial charge in [0.25, 0.3) is 0 Å². The maximum absolute atomic E-state index is 12.2. The molecule has 0 spiro atoms. The number of amides is 1. The number of hydrogen-bond acceptors (Lipinski definition) is 3. The number of carbonyl (C=O) groups excluding carboxylic acids is 1. The second-order valence-corrected chi connectivity index (χ2v) is 5.85. The van der Waals surface area contributed by atoms with Gasteiger partial charge < -0.3 is 9.64 Å². The van der Waals surface area contributed by atoms with Crippen molar-refractivity contribution >= 4 is 5.91 Å². The lowest BCUT2D eigenvalue weighted by atomic mass is 10.1. The van der Waals surface area contributed by atoms with Crippen molar-refractivity contribution in [1.82, 2.24) is 4.90 Å². The highest BCUT2D eigenvalue weighted by Crippen LogP contribution is 2.24. The normalized spacial score (nSPS) is 16.2. The van der Waals surface area contributed by atoms with E-state index in [4.69, 9.17) is 4.74 Å². The Labute approximate surface area is 139 Å². The number of likely N-dealkylation sites (tertiary alicyclic amines) is 1. The van der Waals surface area contributed by atoms with Gasteiger partial charge in [-0.15, -0.1) is 13.2 Å². The van der Waals surface area contributed by atoms with E-state index in [0.717, 1.165) is 17.7 Å². The number of aryl methyl sites for hydroxylation is 1. The summed E-state index contributed by atoms with van der Waals surface area (Å²) in [5, 5.41) is 0. The molecule has 0 bridgehead atoms. The molecule has 0 atom stereocenters. The van der Waals surface area contributed by atoms with Crippen LogP contribution in [0.5, 0.6) is 5.75 Å². The zero-order valence-corrected chi connectivity index (χ0v) is 13.6. The van der Waals surface area contributed by atoms with E-state index in [1.54, 1.807) is 12.0 Å². The first kappa shape index (κ1) is 18.6. The standard InChI is InChI=1S/C17H22F3NO3/c1-23-14-7-5-13(6-8-14)3-2-4-16(22)21-11-9-15(10-12-21)24-17(18,19)20/h5-8,15H,2-4,9-12H2,1H3. The van der Waals surface area contributed by atoms with Gasteiger partial charge in [-0.1, -0.05) is 12.1 Å². The minimum Gasteiger partial charge on any atom is -0.497 e. The summed E-state index contributed by atoms with van der Waals surface area (Å²) in [6, 6.07) is 7.68. The Morgan fingerprint density at radius 2 is 1.83 bits per heavy atom. The molecule has 0 aliphatic carbocycles. The minimum absolute atomic E-state index is 0.00558. The minimum atomic E-state index is -4.60. The van der Waals surface area contributed by atoms with Crippen LogP contribution >= 0.6 is 0 Å². The summed E-state index contributed by atoms with van der Waals surface area (Å²) in [6.07, 6.45) is -3.10. The van der Waals surface area contributed by atoms with Crippen molar-refractivity contribution in [2.45, 2.75) is 44.6 Å². The maximum atomic E-state index is 12.2. The van der Waals surface area contributed by atoms with E-state index >= 15 is 0 Å². The largest absolute Gasteiger partial charge is 0.522 e. The number of piperidine rings is 1. The van der Waals surface area contributed by atoms with Gasteiger partial charge in [-0.3, -0.25) is 9.53 Å². The van der Waals surface area contributed by atoms with Crippen LogP contribution in [-0.4, -0.2) is 43.5 Å². The second-order valence-electron chi connectivity index (χ2n) is 5.85. The van der Waals surface area contributed by atoms with E-state index in [-0.39, 0.29) is 18.7 Å². The highest BCUT2D eigenvalue weighted by atomic mass is 19.4. The monoisotopic (exact) mass is 345 g/mol. The molecule has 1 aliphatic heterocycles. The summed E-state index contributed by atoms with van der Waals surface area (Å²) in [4.78, 5) is 13.8. The number of benzene rings is 1. The predicted octanol–water partition coefficient (Wildman–Crippen LogP) is 3.55. The number of nitrogens with zero attached hydrogens (tertiary/aromatic N) is 1. The average molecular weight is 345 g/mol. The smallest absolute Gasteiger partial charge is 0.497 e. The van der Waals surface area contributed by atoms with E-state index in [2.05, 4.69) is 4.74 Å². The highest BCUT2D eigenvalue weighted by Gasteiger charge is 2.35. The van der Waals surface area contributed by atoms with Gasteiger partial charge in [0.1, 0.15) is 5.75 Å². The Balaban J connectivity index is 1.68. The van der Waals surface area contributed by atoms with Crippen molar-refractivity contribution < 1.29 is 27.4 Å². The number of methoxy groups -OCH3 is 1. The Morgan fingerprint density at radius 1 is 1.21 bits per heavy atom. The molecule has 1 amide bonds. The lowest BCUT2D eigenvalue weighted by Crippen LogP contribution is -2.42. The van der Waals surface area contributed by atoms with Crippen molar-refractivity contribution in [3.8, 4) is 5.75 Å². The number of carbonyl (C=O) groups is 1. The third-order valence-electron chi connectivity index (χ3n) is 4.11. The van der Waals surface area contributed by atoms with Crippen LogP contribution in [0.1, 0.15) is 31.2 Å². The van der Waals surface area contributed by atoms with Crippen LogP contribution in [0.25, 0.3) is 0 Å². The molecular weight excluding hydrogens is 323 g/mol. The Kier molecular flexibility index (Phi) is 6.48. The van der Waals surface area contributed by atoms with Crippen molar-refractivity contribution in [2.75, 3.05) is 20.2 Å².